The summed E-state index contributed by atoms with van der Waals surface area (Å²) in [5, 5.41) is 0. The molecule has 0 radical (unpaired) electrons. The quantitative estimate of drug-likeness (QED) is 0.0377. The number of rotatable bonds is 38. The van der Waals surface area contributed by atoms with E-state index in [1.807, 2.05) is 0 Å². The fraction of sp³-hybridized carbons (Fsp3) is 0.907. The second-order valence-corrected chi connectivity index (χ2v) is 15.2. The Balaban J connectivity index is 3.69. The van der Waals surface area contributed by atoms with Gasteiger partial charge in [-0.1, -0.05) is 154 Å². The summed E-state index contributed by atoms with van der Waals surface area (Å²) in [5.41, 5.74) is 0. The summed E-state index contributed by atoms with van der Waals surface area (Å²) in [4.78, 5) is 0. The van der Waals surface area contributed by atoms with E-state index in [0.717, 1.165) is 37.3 Å². The van der Waals surface area contributed by atoms with Crippen molar-refractivity contribution in [3.05, 3.63) is 24.3 Å². The van der Waals surface area contributed by atoms with Gasteiger partial charge in [0.25, 0.3) is 0 Å². The zero-order valence-corrected chi connectivity index (χ0v) is 32.5. The molecule has 0 heterocycles. The van der Waals surface area contributed by atoms with Crippen molar-refractivity contribution in [2.75, 3.05) is 47.5 Å². The van der Waals surface area contributed by atoms with Gasteiger partial charge >= 0.3 is 0 Å². The second-order valence-electron chi connectivity index (χ2n) is 15.2. The van der Waals surface area contributed by atoms with Crippen LogP contribution < -0.4 is 0 Å². The topological polar surface area (TPSA) is 18.5 Å². The highest BCUT2D eigenvalue weighted by molar-refractivity contribution is 4.82. The molecular formula is C43H86NO2+. The van der Waals surface area contributed by atoms with Crippen LogP contribution in [0.4, 0.5) is 0 Å². The Kier molecular flexibility index (Phi) is 36.7. The minimum absolute atomic E-state index is 0.245. The van der Waals surface area contributed by atoms with Gasteiger partial charge < -0.3 is 14.0 Å². The van der Waals surface area contributed by atoms with Crippen LogP contribution in [0.25, 0.3) is 0 Å². The van der Waals surface area contributed by atoms with Gasteiger partial charge in [-0.15, -0.1) is 0 Å². The van der Waals surface area contributed by atoms with Crippen LogP contribution in [0.2, 0.25) is 0 Å². The van der Waals surface area contributed by atoms with Gasteiger partial charge in [0.2, 0.25) is 0 Å². The highest BCUT2D eigenvalue weighted by Crippen LogP contribution is 2.13. The maximum Gasteiger partial charge on any atom is 0.0861 e. The number of quaternary nitrogens is 1. The molecular weight excluding hydrogens is 562 g/mol. The molecule has 0 rings (SSSR count). The smallest absolute Gasteiger partial charge is 0.0861 e. The van der Waals surface area contributed by atoms with Gasteiger partial charge in [0.05, 0.1) is 40.4 Å². The Morgan fingerprint density at radius 2 is 0.783 bits per heavy atom. The number of nitrogens with zero attached hydrogens (tertiary/aromatic N) is 1. The van der Waals surface area contributed by atoms with Crippen LogP contribution in [0.5, 0.6) is 0 Å². The molecule has 274 valence electrons. The number of hydrogen-bond donors (Lipinski definition) is 0. The minimum atomic E-state index is 0.245. The van der Waals surface area contributed by atoms with Crippen LogP contribution in [0.15, 0.2) is 24.3 Å². The fourth-order valence-electron chi connectivity index (χ4n) is 6.01. The van der Waals surface area contributed by atoms with Crippen LogP contribution in [-0.2, 0) is 9.47 Å². The predicted octanol–water partition coefficient (Wildman–Crippen LogP) is 13.6. The lowest BCUT2D eigenvalue weighted by Crippen LogP contribution is -2.38. The van der Waals surface area contributed by atoms with E-state index in [0.29, 0.717) is 0 Å². The maximum atomic E-state index is 6.34. The Hall–Kier alpha value is -0.640. The maximum absolute atomic E-state index is 6.34. The van der Waals surface area contributed by atoms with Crippen molar-refractivity contribution in [3.63, 3.8) is 0 Å². The van der Waals surface area contributed by atoms with Crippen LogP contribution in [0.1, 0.15) is 200 Å². The van der Waals surface area contributed by atoms with Crippen molar-refractivity contribution in [1.82, 2.24) is 0 Å². The van der Waals surface area contributed by atoms with E-state index in [9.17, 15) is 0 Å². The van der Waals surface area contributed by atoms with Gasteiger partial charge in [0.1, 0.15) is 0 Å². The Morgan fingerprint density at radius 3 is 1.17 bits per heavy atom. The highest BCUT2D eigenvalue weighted by Gasteiger charge is 2.15. The van der Waals surface area contributed by atoms with Gasteiger partial charge in [-0.2, -0.15) is 0 Å². The van der Waals surface area contributed by atoms with Gasteiger partial charge in [0, 0.05) is 19.6 Å². The minimum Gasteiger partial charge on any atom is -0.379 e. The largest absolute Gasteiger partial charge is 0.379 e. The third kappa shape index (κ3) is 39.5. The molecule has 0 saturated heterocycles. The van der Waals surface area contributed by atoms with Crippen LogP contribution >= 0.6 is 0 Å². The molecule has 46 heavy (non-hydrogen) atoms. The molecule has 1 atom stereocenters. The molecule has 0 aromatic carbocycles. The predicted molar refractivity (Wildman–Crippen MR) is 207 cm³/mol. The fourth-order valence-corrected chi connectivity index (χ4v) is 6.01. The third-order valence-electron chi connectivity index (χ3n) is 9.24. The molecule has 3 heteroatoms. The molecule has 0 saturated carbocycles. The molecule has 0 aromatic rings. The van der Waals surface area contributed by atoms with Crippen LogP contribution in [-0.4, -0.2) is 58.1 Å². The van der Waals surface area contributed by atoms with Crippen molar-refractivity contribution in [2.24, 2.45) is 0 Å². The van der Waals surface area contributed by atoms with E-state index in [-0.39, 0.29) is 6.10 Å². The Morgan fingerprint density at radius 1 is 0.435 bits per heavy atom. The van der Waals surface area contributed by atoms with E-state index in [1.165, 1.54) is 180 Å². The van der Waals surface area contributed by atoms with Crippen molar-refractivity contribution in [1.29, 1.82) is 0 Å². The summed E-state index contributed by atoms with van der Waals surface area (Å²) in [6.07, 6.45) is 48.8. The molecule has 0 aliphatic carbocycles. The zero-order chi connectivity index (χ0) is 33.7. The average molecular weight is 649 g/mol. The van der Waals surface area contributed by atoms with Gasteiger partial charge in [0.15, 0.2) is 0 Å². The van der Waals surface area contributed by atoms with Crippen molar-refractivity contribution in [3.8, 4) is 0 Å². The standard InChI is InChI=1S/C43H86NO2/c1-6-8-10-12-14-16-18-20-22-24-26-28-30-32-34-36-40-45-42-43(38-39-44(3,4)5)46-41-37-35-33-31-29-27-25-23-21-19-17-15-13-11-9-7-2/h20-23,43H,6-19,24-42H2,1-5H3/q+1/b22-20-,23-21-. The number of hydrogen-bond acceptors (Lipinski definition) is 2. The van der Waals surface area contributed by atoms with E-state index >= 15 is 0 Å². The molecule has 0 aliphatic rings. The van der Waals surface area contributed by atoms with Gasteiger partial charge in [-0.3, -0.25) is 0 Å². The molecule has 0 fully saturated rings. The monoisotopic (exact) mass is 649 g/mol. The number of ether oxygens (including phenoxy) is 2. The van der Waals surface area contributed by atoms with Crippen LogP contribution in [0, 0.1) is 0 Å². The number of unbranched alkanes of at least 4 members (excludes halogenated alkanes) is 24. The molecule has 3 nitrogen and oxygen atoms in total. The van der Waals surface area contributed by atoms with E-state index in [2.05, 4.69) is 59.3 Å². The van der Waals surface area contributed by atoms with Crippen LogP contribution in [0.3, 0.4) is 0 Å². The normalized spacial score (nSPS) is 13.1. The summed E-state index contributed by atoms with van der Waals surface area (Å²) in [6, 6.07) is 0. The summed E-state index contributed by atoms with van der Waals surface area (Å²) < 4.78 is 13.4. The molecule has 0 spiro atoms. The molecule has 0 aliphatic heterocycles. The number of allylic oxidation sites excluding steroid dienone is 4. The molecule has 0 N–H and O–H groups in total. The molecule has 0 aromatic heterocycles. The van der Waals surface area contributed by atoms with Gasteiger partial charge in [-0.25, -0.2) is 0 Å². The lowest BCUT2D eigenvalue weighted by atomic mass is 10.1. The molecule has 0 amide bonds. The molecule has 1 unspecified atom stereocenters. The second kappa shape index (κ2) is 37.2. The average Bonchev–Trinajstić information content (AvgIpc) is 3.03. The zero-order valence-electron chi connectivity index (χ0n) is 32.5. The van der Waals surface area contributed by atoms with E-state index in [1.54, 1.807) is 0 Å². The Bertz CT molecular complexity index is 623. The van der Waals surface area contributed by atoms with Crippen molar-refractivity contribution in [2.45, 2.75) is 206 Å². The third-order valence-corrected chi connectivity index (χ3v) is 9.24. The summed E-state index contributed by atoms with van der Waals surface area (Å²) in [7, 11) is 6.82. The molecule has 0 bridgehead atoms. The first-order valence-corrected chi connectivity index (χ1v) is 20.8. The van der Waals surface area contributed by atoms with Gasteiger partial charge in [-0.05, 0) is 64.2 Å². The van der Waals surface area contributed by atoms with E-state index in [4.69, 9.17) is 9.47 Å². The summed E-state index contributed by atoms with van der Waals surface area (Å²) >= 11 is 0. The summed E-state index contributed by atoms with van der Waals surface area (Å²) in [5.74, 6) is 0. The first-order valence-electron chi connectivity index (χ1n) is 20.8. The lowest BCUT2D eigenvalue weighted by Gasteiger charge is -2.27. The van der Waals surface area contributed by atoms with Crippen molar-refractivity contribution >= 4 is 0 Å². The first-order chi connectivity index (χ1) is 22.5. The summed E-state index contributed by atoms with van der Waals surface area (Å²) in [6.45, 7) is 8.26. The Labute approximate surface area is 291 Å². The first kappa shape index (κ1) is 45.4. The van der Waals surface area contributed by atoms with Crippen molar-refractivity contribution < 1.29 is 14.0 Å². The highest BCUT2D eigenvalue weighted by atomic mass is 16.5. The SMILES string of the molecule is CCCCCCCC/C=C\CCCCCCCCOCC(CC[N+](C)(C)C)OCCCCCCCC/C=C\CCCCCCCC. The lowest BCUT2D eigenvalue weighted by molar-refractivity contribution is -0.870. The van der Waals surface area contributed by atoms with E-state index < -0.39 is 0 Å².